The summed E-state index contributed by atoms with van der Waals surface area (Å²) in [5.74, 6) is 5.71. The summed E-state index contributed by atoms with van der Waals surface area (Å²) >= 11 is 0. The summed E-state index contributed by atoms with van der Waals surface area (Å²) in [6, 6.07) is 4.61. The smallest absolute Gasteiger partial charge is 0.273 e. The molecule has 4 N–H and O–H groups in total. The van der Waals surface area contributed by atoms with Crippen molar-refractivity contribution in [1.82, 2.24) is 0 Å². The van der Waals surface area contributed by atoms with E-state index in [1.165, 1.54) is 12.1 Å². The van der Waals surface area contributed by atoms with E-state index in [0.717, 1.165) is 6.54 Å². The zero-order valence-corrected chi connectivity index (χ0v) is 9.36. The third-order valence-electron chi connectivity index (χ3n) is 2.01. The van der Waals surface area contributed by atoms with Crippen LogP contribution in [0.1, 0.15) is 13.8 Å². The van der Waals surface area contributed by atoms with Crippen molar-refractivity contribution in [3.8, 4) is 0 Å². The van der Waals surface area contributed by atoms with Gasteiger partial charge in [0, 0.05) is 24.4 Å². The monoisotopic (exact) mass is 224 g/mol. The number of non-ortho nitro benzene ring substituents is 1. The molecular formula is C10H16N4O2. The lowest BCUT2D eigenvalue weighted by molar-refractivity contribution is -0.384. The third-order valence-corrected chi connectivity index (χ3v) is 2.01. The molecule has 0 aliphatic rings. The Hall–Kier alpha value is -1.82. The number of hydrogen-bond acceptors (Lipinski definition) is 5. The van der Waals surface area contributed by atoms with E-state index >= 15 is 0 Å². The van der Waals surface area contributed by atoms with Crippen molar-refractivity contribution in [3.05, 3.63) is 28.3 Å². The van der Waals surface area contributed by atoms with E-state index in [-0.39, 0.29) is 5.69 Å². The maximum absolute atomic E-state index is 10.7. The zero-order chi connectivity index (χ0) is 12.1. The quantitative estimate of drug-likeness (QED) is 0.404. The summed E-state index contributed by atoms with van der Waals surface area (Å²) in [6.45, 7) is 4.88. The number of hydrazine groups is 1. The van der Waals surface area contributed by atoms with Gasteiger partial charge in [-0.25, -0.2) is 0 Å². The summed E-state index contributed by atoms with van der Waals surface area (Å²) < 4.78 is 0. The topological polar surface area (TPSA) is 93.2 Å². The van der Waals surface area contributed by atoms with Crippen molar-refractivity contribution in [2.75, 3.05) is 17.3 Å². The Morgan fingerprint density at radius 2 is 2.00 bits per heavy atom. The van der Waals surface area contributed by atoms with Crippen LogP contribution in [0.4, 0.5) is 17.1 Å². The van der Waals surface area contributed by atoms with Crippen LogP contribution in [-0.4, -0.2) is 11.5 Å². The standard InChI is InChI=1S/C10H16N4O2/c1-7(2)6-12-8-3-9(13-11)5-10(4-8)14(15)16/h3-5,7,12-13H,6,11H2,1-2H3. The zero-order valence-electron chi connectivity index (χ0n) is 9.36. The molecule has 6 nitrogen and oxygen atoms in total. The molecule has 0 unspecified atom stereocenters. The second-order valence-electron chi connectivity index (χ2n) is 3.94. The first-order chi connectivity index (χ1) is 7.52. The molecule has 0 amide bonds. The molecule has 6 heteroatoms. The number of rotatable bonds is 5. The van der Waals surface area contributed by atoms with Crippen LogP contribution in [0.3, 0.4) is 0 Å². The van der Waals surface area contributed by atoms with Crippen LogP contribution in [-0.2, 0) is 0 Å². The Labute approximate surface area is 94.0 Å². The number of anilines is 2. The van der Waals surface area contributed by atoms with E-state index in [2.05, 4.69) is 24.6 Å². The van der Waals surface area contributed by atoms with Crippen LogP contribution >= 0.6 is 0 Å². The predicted molar refractivity (Wildman–Crippen MR) is 64.2 cm³/mol. The number of nitrogens with zero attached hydrogens (tertiary/aromatic N) is 1. The Kier molecular flexibility index (Phi) is 4.07. The van der Waals surface area contributed by atoms with Gasteiger partial charge in [0.05, 0.1) is 10.6 Å². The molecule has 0 radical (unpaired) electrons. The van der Waals surface area contributed by atoms with Crippen molar-refractivity contribution < 1.29 is 4.92 Å². The van der Waals surface area contributed by atoms with Crippen molar-refractivity contribution in [2.24, 2.45) is 11.8 Å². The fraction of sp³-hybridized carbons (Fsp3) is 0.400. The number of nitrogens with one attached hydrogen (secondary N) is 2. The van der Waals surface area contributed by atoms with Crippen molar-refractivity contribution >= 4 is 17.1 Å². The summed E-state index contributed by atoms with van der Waals surface area (Å²) in [5.41, 5.74) is 3.63. The van der Waals surface area contributed by atoms with Crippen LogP contribution in [0.2, 0.25) is 0 Å². The molecule has 16 heavy (non-hydrogen) atoms. The largest absolute Gasteiger partial charge is 0.385 e. The SMILES string of the molecule is CC(C)CNc1cc(NN)cc([N+](=O)[O-])c1. The van der Waals surface area contributed by atoms with E-state index in [1.54, 1.807) is 6.07 Å². The highest BCUT2D eigenvalue weighted by Gasteiger charge is 2.09. The van der Waals surface area contributed by atoms with Gasteiger partial charge in [-0.3, -0.25) is 16.0 Å². The maximum atomic E-state index is 10.7. The Balaban J connectivity index is 2.90. The Morgan fingerprint density at radius 1 is 1.38 bits per heavy atom. The molecule has 1 aromatic carbocycles. The molecule has 0 aromatic heterocycles. The van der Waals surface area contributed by atoms with Crippen LogP contribution in [0, 0.1) is 16.0 Å². The number of nitrogens with two attached hydrogens (primary N) is 1. The maximum Gasteiger partial charge on any atom is 0.273 e. The first kappa shape index (κ1) is 12.3. The second kappa shape index (κ2) is 5.32. The molecule has 0 saturated carbocycles. The highest BCUT2D eigenvalue weighted by molar-refractivity contribution is 5.63. The summed E-state index contributed by atoms with van der Waals surface area (Å²) in [6.07, 6.45) is 0. The summed E-state index contributed by atoms with van der Waals surface area (Å²) in [5, 5.41) is 13.8. The molecule has 0 aliphatic heterocycles. The fourth-order valence-corrected chi connectivity index (χ4v) is 1.22. The van der Waals surface area contributed by atoms with Crippen molar-refractivity contribution in [3.63, 3.8) is 0 Å². The van der Waals surface area contributed by atoms with Crippen LogP contribution in [0.15, 0.2) is 18.2 Å². The predicted octanol–water partition coefficient (Wildman–Crippen LogP) is 1.95. The van der Waals surface area contributed by atoms with Gasteiger partial charge in [0.2, 0.25) is 0 Å². The van der Waals surface area contributed by atoms with E-state index in [1.807, 2.05) is 0 Å². The Morgan fingerprint density at radius 3 is 2.50 bits per heavy atom. The van der Waals surface area contributed by atoms with Crippen molar-refractivity contribution in [1.29, 1.82) is 0 Å². The molecule has 1 rings (SSSR count). The third kappa shape index (κ3) is 3.39. The molecular weight excluding hydrogens is 208 g/mol. The summed E-state index contributed by atoms with van der Waals surface area (Å²) in [7, 11) is 0. The minimum atomic E-state index is -0.443. The van der Waals surface area contributed by atoms with Crippen LogP contribution in [0.5, 0.6) is 0 Å². The molecule has 0 bridgehead atoms. The van der Waals surface area contributed by atoms with Gasteiger partial charge < -0.3 is 10.7 Å². The number of benzene rings is 1. The van der Waals surface area contributed by atoms with Gasteiger partial charge in [-0.1, -0.05) is 13.8 Å². The first-order valence-corrected chi connectivity index (χ1v) is 5.03. The molecule has 0 saturated heterocycles. The van der Waals surface area contributed by atoms with E-state index in [0.29, 0.717) is 17.3 Å². The average Bonchev–Trinajstić information content (AvgIpc) is 2.25. The second-order valence-corrected chi connectivity index (χ2v) is 3.94. The highest BCUT2D eigenvalue weighted by atomic mass is 16.6. The molecule has 0 atom stereocenters. The number of nitro benzene ring substituents is 1. The normalized spacial score (nSPS) is 10.2. The lowest BCUT2D eigenvalue weighted by atomic mass is 10.2. The lowest BCUT2D eigenvalue weighted by Gasteiger charge is -2.10. The number of nitro groups is 1. The van der Waals surface area contributed by atoms with Crippen LogP contribution in [0.25, 0.3) is 0 Å². The van der Waals surface area contributed by atoms with Gasteiger partial charge in [-0.2, -0.15) is 0 Å². The lowest BCUT2D eigenvalue weighted by Crippen LogP contribution is -2.10. The van der Waals surface area contributed by atoms with Crippen LogP contribution < -0.4 is 16.6 Å². The van der Waals surface area contributed by atoms with Gasteiger partial charge in [0.15, 0.2) is 0 Å². The van der Waals surface area contributed by atoms with Gasteiger partial charge in [0.25, 0.3) is 5.69 Å². The number of hydrogen-bond donors (Lipinski definition) is 3. The number of nitrogen functional groups attached to an aromatic ring is 1. The van der Waals surface area contributed by atoms with E-state index < -0.39 is 4.92 Å². The Bertz CT molecular complexity index is 379. The first-order valence-electron chi connectivity index (χ1n) is 5.03. The molecule has 88 valence electrons. The molecule has 0 fully saturated rings. The highest BCUT2D eigenvalue weighted by Crippen LogP contribution is 2.23. The van der Waals surface area contributed by atoms with E-state index in [4.69, 9.17) is 5.84 Å². The van der Waals surface area contributed by atoms with Crippen molar-refractivity contribution in [2.45, 2.75) is 13.8 Å². The fourth-order valence-electron chi connectivity index (χ4n) is 1.22. The molecule has 0 aliphatic carbocycles. The summed E-state index contributed by atoms with van der Waals surface area (Å²) in [4.78, 5) is 10.2. The minimum absolute atomic E-state index is 0.0155. The molecule has 0 spiro atoms. The van der Waals surface area contributed by atoms with E-state index in [9.17, 15) is 10.1 Å². The molecule has 1 aromatic rings. The molecule has 0 heterocycles. The van der Waals surface area contributed by atoms with Gasteiger partial charge in [-0.05, 0) is 12.0 Å². The minimum Gasteiger partial charge on any atom is -0.385 e. The average molecular weight is 224 g/mol. The van der Waals surface area contributed by atoms with Gasteiger partial charge in [0.1, 0.15) is 0 Å². The van der Waals surface area contributed by atoms with Gasteiger partial charge >= 0.3 is 0 Å². The van der Waals surface area contributed by atoms with Gasteiger partial charge in [-0.15, -0.1) is 0 Å².